The van der Waals surface area contributed by atoms with Crippen molar-refractivity contribution in [2.24, 2.45) is 0 Å². The largest absolute Gasteiger partial charge is 0.354 e. The SMILES string of the molecule is CSCc1nc2ccccc2n1CC(=O)NCC1(c2ccccc2)CC1. The number of imidazole rings is 1. The number of para-hydroxylation sites is 2. The summed E-state index contributed by atoms with van der Waals surface area (Å²) in [7, 11) is 0. The third-order valence-electron chi connectivity index (χ3n) is 5.17. The van der Waals surface area contributed by atoms with Gasteiger partial charge >= 0.3 is 0 Å². The standard InChI is InChI=1S/C21H23N3OS/c1-26-14-19-23-17-9-5-6-10-18(17)24(19)13-20(25)22-15-21(11-12-21)16-7-3-2-4-8-16/h2-10H,11-15H2,1H3,(H,22,25). The fraction of sp³-hybridized carbons (Fsp3) is 0.333. The van der Waals surface area contributed by atoms with E-state index in [2.05, 4.69) is 40.8 Å². The Morgan fingerprint density at radius 2 is 1.88 bits per heavy atom. The predicted octanol–water partition coefficient (Wildman–Crippen LogP) is 3.75. The van der Waals surface area contributed by atoms with Gasteiger partial charge in [-0.05, 0) is 36.8 Å². The van der Waals surface area contributed by atoms with Gasteiger partial charge in [0.15, 0.2) is 0 Å². The molecule has 5 heteroatoms. The lowest BCUT2D eigenvalue weighted by molar-refractivity contribution is -0.121. The van der Waals surface area contributed by atoms with Crippen molar-refractivity contribution < 1.29 is 4.79 Å². The summed E-state index contributed by atoms with van der Waals surface area (Å²) >= 11 is 1.72. The number of carbonyl (C=O) groups is 1. The van der Waals surface area contributed by atoms with Crippen molar-refractivity contribution >= 4 is 28.7 Å². The van der Waals surface area contributed by atoms with Crippen LogP contribution < -0.4 is 5.32 Å². The summed E-state index contributed by atoms with van der Waals surface area (Å²) in [5.41, 5.74) is 3.44. The quantitative estimate of drug-likeness (QED) is 0.694. The number of rotatable bonds is 7. The van der Waals surface area contributed by atoms with Gasteiger partial charge in [0, 0.05) is 12.0 Å². The van der Waals surface area contributed by atoms with Crippen LogP contribution in [0.15, 0.2) is 54.6 Å². The molecule has 1 heterocycles. The van der Waals surface area contributed by atoms with E-state index in [1.165, 1.54) is 5.56 Å². The number of thioether (sulfide) groups is 1. The minimum atomic E-state index is 0.0534. The van der Waals surface area contributed by atoms with Gasteiger partial charge in [-0.15, -0.1) is 0 Å². The number of fused-ring (bicyclic) bond motifs is 1. The normalized spacial score (nSPS) is 15.1. The molecule has 4 nitrogen and oxygen atoms in total. The van der Waals surface area contributed by atoms with E-state index >= 15 is 0 Å². The van der Waals surface area contributed by atoms with Gasteiger partial charge < -0.3 is 9.88 Å². The van der Waals surface area contributed by atoms with Gasteiger partial charge in [0.05, 0.1) is 16.8 Å². The lowest BCUT2D eigenvalue weighted by Crippen LogP contribution is -2.34. The average molecular weight is 366 g/mol. The third kappa shape index (κ3) is 3.36. The summed E-state index contributed by atoms with van der Waals surface area (Å²) in [5, 5.41) is 3.16. The van der Waals surface area contributed by atoms with E-state index in [0.717, 1.165) is 35.5 Å². The summed E-state index contributed by atoms with van der Waals surface area (Å²) in [5.74, 6) is 1.81. The number of aromatic nitrogens is 2. The fourth-order valence-corrected chi connectivity index (χ4v) is 4.00. The molecule has 0 unspecified atom stereocenters. The lowest BCUT2D eigenvalue weighted by atomic mass is 9.96. The Bertz CT molecular complexity index is 915. The van der Waals surface area contributed by atoms with Gasteiger partial charge in [-0.25, -0.2) is 4.98 Å². The molecule has 1 saturated carbocycles. The van der Waals surface area contributed by atoms with Gasteiger partial charge in [0.25, 0.3) is 0 Å². The van der Waals surface area contributed by atoms with Crippen LogP contribution >= 0.6 is 11.8 Å². The van der Waals surface area contributed by atoms with Crippen LogP contribution in [0.3, 0.4) is 0 Å². The van der Waals surface area contributed by atoms with E-state index in [0.29, 0.717) is 13.1 Å². The van der Waals surface area contributed by atoms with Crippen molar-refractivity contribution in [3.8, 4) is 0 Å². The maximum absolute atomic E-state index is 12.6. The highest BCUT2D eigenvalue weighted by molar-refractivity contribution is 7.97. The fourth-order valence-electron chi connectivity index (χ4n) is 3.52. The van der Waals surface area contributed by atoms with E-state index in [-0.39, 0.29) is 11.3 Å². The van der Waals surface area contributed by atoms with Gasteiger partial charge in [0.2, 0.25) is 5.91 Å². The highest BCUT2D eigenvalue weighted by Gasteiger charge is 2.44. The molecule has 1 aliphatic carbocycles. The van der Waals surface area contributed by atoms with Crippen LogP contribution in [0.5, 0.6) is 0 Å². The Morgan fingerprint density at radius 1 is 1.15 bits per heavy atom. The molecule has 1 amide bonds. The molecule has 0 atom stereocenters. The Labute approximate surface area is 158 Å². The summed E-state index contributed by atoms with van der Waals surface area (Å²) in [4.78, 5) is 17.3. The van der Waals surface area contributed by atoms with Crippen LogP contribution in [0.2, 0.25) is 0 Å². The topological polar surface area (TPSA) is 46.9 Å². The van der Waals surface area contributed by atoms with Gasteiger partial charge in [0.1, 0.15) is 12.4 Å². The first-order chi connectivity index (χ1) is 12.7. The van der Waals surface area contributed by atoms with Crippen LogP contribution in [-0.4, -0.2) is 28.3 Å². The molecule has 1 aliphatic rings. The number of hydrogen-bond acceptors (Lipinski definition) is 3. The molecule has 0 spiro atoms. The third-order valence-corrected chi connectivity index (χ3v) is 5.72. The summed E-state index contributed by atoms with van der Waals surface area (Å²) in [6.07, 6.45) is 4.34. The summed E-state index contributed by atoms with van der Waals surface area (Å²) < 4.78 is 2.04. The van der Waals surface area contributed by atoms with Gasteiger partial charge in [-0.2, -0.15) is 11.8 Å². The van der Waals surface area contributed by atoms with Crippen molar-refractivity contribution in [1.82, 2.24) is 14.9 Å². The van der Waals surface area contributed by atoms with E-state index in [4.69, 9.17) is 0 Å². The highest BCUT2D eigenvalue weighted by atomic mass is 32.2. The smallest absolute Gasteiger partial charge is 0.240 e. The molecule has 26 heavy (non-hydrogen) atoms. The summed E-state index contributed by atoms with van der Waals surface area (Å²) in [6.45, 7) is 1.03. The van der Waals surface area contributed by atoms with Crippen LogP contribution in [0.4, 0.5) is 0 Å². The molecule has 2 aromatic carbocycles. The number of carbonyl (C=O) groups excluding carboxylic acids is 1. The predicted molar refractivity (Wildman–Crippen MR) is 107 cm³/mol. The number of hydrogen-bond donors (Lipinski definition) is 1. The molecule has 0 radical (unpaired) electrons. The summed E-state index contributed by atoms with van der Waals surface area (Å²) in [6, 6.07) is 18.5. The van der Waals surface area contributed by atoms with Crippen molar-refractivity contribution in [2.75, 3.05) is 12.8 Å². The molecule has 4 rings (SSSR count). The zero-order valence-corrected chi connectivity index (χ0v) is 15.8. The molecule has 0 bridgehead atoms. The van der Waals surface area contributed by atoms with Crippen molar-refractivity contribution in [3.63, 3.8) is 0 Å². The molecule has 1 N–H and O–H groups in total. The van der Waals surface area contributed by atoms with Gasteiger partial charge in [-0.1, -0.05) is 42.5 Å². The van der Waals surface area contributed by atoms with E-state index in [9.17, 15) is 4.79 Å². The Morgan fingerprint density at radius 3 is 2.62 bits per heavy atom. The molecule has 0 saturated heterocycles. The second kappa shape index (κ2) is 7.16. The number of benzene rings is 2. The van der Waals surface area contributed by atoms with Crippen LogP contribution in [0.1, 0.15) is 24.2 Å². The van der Waals surface area contributed by atoms with Crippen molar-refractivity contribution in [2.45, 2.75) is 30.6 Å². The molecule has 0 aliphatic heterocycles. The Balaban J connectivity index is 1.47. The van der Waals surface area contributed by atoms with Crippen LogP contribution in [0.25, 0.3) is 11.0 Å². The molecular weight excluding hydrogens is 342 g/mol. The van der Waals surface area contributed by atoms with E-state index in [1.807, 2.05) is 34.9 Å². The highest BCUT2D eigenvalue weighted by Crippen LogP contribution is 2.47. The van der Waals surface area contributed by atoms with Crippen LogP contribution in [0, 0.1) is 0 Å². The second-order valence-electron chi connectivity index (χ2n) is 6.96. The second-order valence-corrected chi connectivity index (χ2v) is 7.83. The molecule has 1 aromatic heterocycles. The first-order valence-electron chi connectivity index (χ1n) is 8.97. The van der Waals surface area contributed by atoms with E-state index < -0.39 is 0 Å². The number of amides is 1. The van der Waals surface area contributed by atoms with Gasteiger partial charge in [-0.3, -0.25) is 4.79 Å². The average Bonchev–Trinajstić information content (AvgIpc) is 3.40. The Hall–Kier alpha value is -2.27. The maximum atomic E-state index is 12.6. The molecular formula is C21H23N3OS. The van der Waals surface area contributed by atoms with Crippen molar-refractivity contribution in [3.05, 3.63) is 66.0 Å². The minimum absolute atomic E-state index is 0.0534. The Kier molecular flexibility index (Phi) is 4.72. The van der Waals surface area contributed by atoms with E-state index in [1.54, 1.807) is 11.8 Å². The monoisotopic (exact) mass is 365 g/mol. The molecule has 1 fully saturated rings. The molecule has 134 valence electrons. The van der Waals surface area contributed by atoms with Crippen molar-refractivity contribution in [1.29, 1.82) is 0 Å². The lowest BCUT2D eigenvalue weighted by Gasteiger charge is -2.17. The first-order valence-corrected chi connectivity index (χ1v) is 10.4. The zero-order chi connectivity index (χ0) is 18.0. The molecule has 3 aromatic rings. The van der Waals surface area contributed by atoms with Crippen LogP contribution in [-0.2, 0) is 22.5 Å². The minimum Gasteiger partial charge on any atom is -0.354 e. The zero-order valence-electron chi connectivity index (χ0n) is 14.9. The maximum Gasteiger partial charge on any atom is 0.240 e. The number of nitrogens with one attached hydrogen (secondary N) is 1. The first kappa shape index (κ1) is 17.2. The number of nitrogens with zero attached hydrogens (tertiary/aromatic N) is 2.